The minimum Gasteiger partial charge on any atom is -0.378 e. The van der Waals surface area contributed by atoms with E-state index >= 15 is 0 Å². The molecule has 1 aliphatic heterocycles. The molecule has 2 atom stereocenters. The predicted molar refractivity (Wildman–Crippen MR) is 66.4 cm³/mol. The fraction of sp³-hybridized carbons (Fsp3) is 0.538. The smallest absolute Gasteiger partial charge is 0.126 e. The Labute approximate surface area is 104 Å². The van der Waals surface area contributed by atoms with Crippen LogP contribution in [0.1, 0.15) is 35.2 Å². The molecule has 0 saturated carbocycles. The van der Waals surface area contributed by atoms with Gasteiger partial charge in [-0.25, -0.2) is 4.39 Å². The highest BCUT2D eigenvalue weighted by molar-refractivity contribution is 9.09. The number of benzene rings is 1. The van der Waals surface area contributed by atoms with Crippen molar-refractivity contribution in [3.63, 3.8) is 0 Å². The molecule has 1 saturated heterocycles. The Hall–Kier alpha value is -0.410. The van der Waals surface area contributed by atoms with E-state index in [0.717, 1.165) is 31.4 Å². The second-order valence-electron chi connectivity index (χ2n) is 4.35. The summed E-state index contributed by atoms with van der Waals surface area (Å²) < 4.78 is 18.7. The Morgan fingerprint density at radius 2 is 2.38 bits per heavy atom. The summed E-state index contributed by atoms with van der Waals surface area (Å²) >= 11 is 3.65. The van der Waals surface area contributed by atoms with Gasteiger partial charge >= 0.3 is 0 Å². The van der Waals surface area contributed by atoms with E-state index in [1.807, 2.05) is 12.1 Å². The number of halogens is 2. The summed E-state index contributed by atoms with van der Waals surface area (Å²) in [6, 6.07) is 5.29. The summed E-state index contributed by atoms with van der Waals surface area (Å²) in [5.41, 5.74) is 1.84. The van der Waals surface area contributed by atoms with Crippen molar-refractivity contribution in [1.29, 1.82) is 0 Å². The van der Waals surface area contributed by atoms with E-state index in [1.54, 1.807) is 6.92 Å². The van der Waals surface area contributed by atoms with Crippen LogP contribution in [0.25, 0.3) is 0 Å². The van der Waals surface area contributed by atoms with Crippen LogP contribution in [0, 0.1) is 12.7 Å². The van der Waals surface area contributed by atoms with E-state index in [2.05, 4.69) is 15.9 Å². The van der Waals surface area contributed by atoms with Crippen LogP contribution in [0.3, 0.4) is 0 Å². The third kappa shape index (κ3) is 2.83. The molecule has 1 aromatic rings. The third-order valence-electron chi connectivity index (χ3n) is 3.04. The largest absolute Gasteiger partial charge is 0.378 e. The lowest BCUT2D eigenvalue weighted by molar-refractivity contribution is 0.104. The Balaban J connectivity index is 2.02. The predicted octanol–water partition coefficient (Wildman–Crippen LogP) is 4.14. The highest BCUT2D eigenvalue weighted by Crippen LogP contribution is 2.32. The van der Waals surface area contributed by atoms with E-state index < -0.39 is 0 Å². The summed E-state index contributed by atoms with van der Waals surface area (Å²) in [5, 5.41) is 0. The van der Waals surface area contributed by atoms with E-state index in [1.165, 1.54) is 6.07 Å². The molecule has 3 heteroatoms. The maximum absolute atomic E-state index is 13.1. The van der Waals surface area contributed by atoms with E-state index in [0.29, 0.717) is 11.7 Å². The van der Waals surface area contributed by atoms with Crippen LogP contribution < -0.4 is 0 Å². The molecule has 1 aliphatic rings. The molecule has 16 heavy (non-hydrogen) atoms. The van der Waals surface area contributed by atoms with E-state index in [-0.39, 0.29) is 10.6 Å². The summed E-state index contributed by atoms with van der Waals surface area (Å²) in [5.74, 6) is -0.138. The van der Waals surface area contributed by atoms with Gasteiger partial charge in [0.15, 0.2) is 0 Å². The lowest BCUT2D eigenvalue weighted by atomic mass is 10.0. The first kappa shape index (κ1) is 12.1. The maximum atomic E-state index is 13.1. The minimum absolute atomic E-state index is 0.138. The van der Waals surface area contributed by atoms with Gasteiger partial charge in [-0.3, -0.25) is 0 Å². The second-order valence-corrected chi connectivity index (χ2v) is 5.45. The topological polar surface area (TPSA) is 9.23 Å². The average Bonchev–Trinajstić information content (AvgIpc) is 2.74. The first-order valence-corrected chi connectivity index (χ1v) is 6.60. The monoisotopic (exact) mass is 286 g/mol. The van der Waals surface area contributed by atoms with Gasteiger partial charge in [0.05, 0.1) is 6.10 Å². The van der Waals surface area contributed by atoms with Crippen LogP contribution in [0.2, 0.25) is 0 Å². The fourth-order valence-electron chi connectivity index (χ4n) is 2.06. The Bertz CT molecular complexity index is 361. The highest BCUT2D eigenvalue weighted by atomic mass is 79.9. The van der Waals surface area contributed by atoms with Crippen molar-refractivity contribution >= 4 is 15.9 Å². The lowest BCUT2D eigenvalue weighted by Gasteiger charge is -2.15. The second kappa shape index (κ2) is 5.28. The SMILES string of the molecule is Cc1cc(C(Br)CC2CCCO2)ccc1F. The third-order valence-corrected chi connectivity index (χ3v) is 3.94. The number of hydrogen-bond acceptors (Lipinski definition) is 1. The molecule has 0 bridgehead atoms. The Kier molecular flexibility index (Phi) is 3.98. The van der Waals surface area contributed by atoms with Gasteiger partial charge in [0.2, 0.25) is 0 Å². The first-order chi connectivity index (χ1) is 7.66. The van der Waals surface area contributed by atoms with Crippen LogP contribution in [-0.2, 0) is 4.74 Å². The van der Waals surface area contributed by atoms with Crippen molar-refractivity contribution in [1.82, 2.24) is 0 Å². The van der Waals surface area contributed by atoms with Gasteiger partial charge in [-0.1, -0.05) is 28.1 Å². The molecule has 88 valence electrons. The van der Waals surface area contributed by atoms with Crippen LogP contribution in [-0.4, -0.2) is 12.7 Å². The fourth-order valence-corrected chi connectivity index (χ4v) is 2.76. The zero-order valence-electron chi connectivity index (χ0n) is 9.38. The normalized spacial score (nSPS) is 22.3. The van der Waals surface area contributed by atoms with Gasteiger partial charge in [-0.2, -0.15) is 0 Å². The van der Waals surface area contributed by atoms with Crippen molar-refractivity contribution in [3.05, 3.63) is 35.1 Å². The average molecular weight is 287 g/mol. The highest BCUT2D eigenvalue weighted by Gasteiger charge is 2.20. The van der Waals surface area contributed by atoms with Gasteiger partial charge < -0.3 is 4.74 Å². The number of alkyl halides is 1. The van der Waals surface area contributed by atoms with Crippen LogP contribution >= 0.6 is 15.9 Å². The molecule has 0 spiro atoms. The van der Waals surface area contributed by atoms with E-state index in [9.17, 15) is 4.39 Å². The van der Waals surface area contributed by atoms with Crippen LogP contribution in [0.15, 0.2) is 18.2 Å². The van der Waals surface area contributed by atoms with Crippen molar-refractivity contribution in [2.75, 3.05) is 6.61 Å². The molecule has 0 amide bonds. The molecular formula is C13H16BrFO. The summed E-state index contributed by atoms with van der Waals surface area (Å²) in [6.45, 7) is 2.68. The Morgan fingerprint density at radius 1 is 1.56 bits per heavy atom. The Morgan fingerprint density at radius 3 is 3.00 bits per heavy atom. The molecule has 1 nitrogen and oxygen atoms in total. The number of rotatable bonds is 3. The molecule has 1 fully saturated rings. The number of aryl methyl sites for hydroxylation is 1. The summed E-state index contributed by atoms with van der Waals surface area (Å²) in [7, 11) is 0. The quantitative estimate of drug-likeness (QED) is 0.759. The van der Waals surface area contributed by atoms with Gasteiger partial charge in [0.25, 0.3) is 0 Å². The van der Waals surface area contributed by atoms with Crippen molar-refractivity contribution in [3.8, 4) is 0 Å². The zero-order valence-corrected chi connectivity index (χ0v) is 11.0. The van der Waals surface area contributed by atoms with E-state index in [4.69, 9.17) is 4.74 Å². The lowest BCUT2D eigenvalue weighted by Crippen LogP contribution is -2.08. The summed E-state index contributed by atoms with van der Waals surface area (Å²) in [4.78, 5) is 0.259. The molecule has 2 unspecified atom stereocenters. The van der Waals surface area contributed by atoms with Gasteiger partial charge in [-0.05, 0) is 43.4 Å². The molecule has 1 heterocycles. The molecule has 0 aliphatic carbocycles. The number of ether oxygens (including phenoxy) is 1. The molecule has 0 N–H and O–H groups in total. The molecule has 0 aromatic heterocycles. The molecule has 2 rings (SSSR count). The summed E-state index contributed by atoms with van der Waals surface area (Å²) in [6.07, 6.45) is 3.62. The van der Waals surface area contributed by atoms with Gasteiger partial charge in [0.1, 0.15) is 5.82 Å². The molecular weight excluding hydrogens is 271 g/mol. The molecule has 1 aromatic carbocycles. The van der Waals surface area contributed by atoms with Gasteiger partial charge in [-0.15, -0.1) is 0 Å². The first-order valence-electron chi connectivity index (χ1n) is 5.68. The zero-order chi connectivity index (χ0) is 11.5. The minimum atomic E-state index is -0.138. The molecule has 0 radical (unpaired) electrons. The van der Waals surface area contributed by atoms with Crippen molar-refractivity contribution in [2.24, 2.45) is 0 Å². The maximum Gasteiger partial charge on any atom is 0.126 e. The standard InChI is InChI=1S/C13H16BrFO/c1-9-7-10(4-5-13(9)15)12(14)8-11-3-2-6-16-11/h4-5,7,11-12H,2-3,6,8H2,1H3. The van der Waals surface area contributed by atoms with Crippen LogP contribution in [0.5, 0.6) is 0 Å². The van der Waals surface area contributed by atoms with Crippen molar-refractivity contribution < 1.29 is 9.13 Å². The van der Waals surface area contributed by atoms with Gasteiger partial charge in [0, 0.05) is 11.4 Å². The van der Waals surface area contributed by atoms with Crippen LogP contribution in [0.4, 0.5) is 4.39 Å². The van der Waals surface area contributed by atoms with Crippen molar-refractivity contribution in [2.45, 2.75) is 37.1 Å². The number of hydrogen-bond donors (Lipinski definition) is 0.